The molecule has 0 radical (unpaired) electrons. The smallest absolute Gasteiger partial charge is 0.252 e. The Balaban J connectivity index is 1.51. The Morgan fingerprint density at radius 1 is 1.31 bits per heavy atom. The number of hydrogen-bond acceptors (Lipinski definition) is 5. The summed E-state index contributed by atoms with van der Waals surface area (Å²) in [5.41, 5.74) is 1.11. The molecule has 0 bridgehead atoms. The largest absolute Gasteiger partial charge is 0.367 e. The molecular weight excluding hydrogens is 330 g/mol. The first-order chi connectivity index (χ1) is 12.6. The van der Waals surface area contributed by atoms with Gasteiger partial charge in [-0.1, -0.05) is 49.3 Å². The van der Waals surface area contributed by atoms with Crippen LogP contribution >= 0.6 is 0 Å². The van der Waals surface area contributed by atoms with Gasteiger partial charge in [-0.15, -0.1) is 0 Å². The van der Waals surface area contributed by atoms with Crippen LogP contribution in [0.3, 0.4) is 0 Å². The second kappa shape index (κ2) is 8.94. The van der Waals surface area contributed by atoms with E-state index in [0.717, 1.165) is 24.9 Å². The zero-order valence-corrected chi connectivity index (χ0v) is 15.6. The lowest BCUT2D eigenvalue weighted by Crippen LogP contribution is -2.39. The summed E-state index contributed by atoms with van der Waals surface area (Å²) in [7, 11) is 0. The van der Waals surface area contributed by atoms with E-state index in [1.54, 1.807) is 0 Å². The van der Waals surface area contributed by atoms with Gasteiger partial charge in [0.2, 0.25) is 5.91 Å². The average molecular weight is 357 g/mol. The first-order valence-electron chi connectivity index (χ1n) is 9.33. The Kier molecular flexibility index (Phi) is 6.39. The van der Waals surface area contributed by atoms with Crippen LogP contribution in [0.5, 0.6) is 0 Å². The van der Waals surface area contributed by atoms with E-state index in [9.17, 15) is 4.79 Å². The first kappa shape index (κ1) is 18.6. The van der Waals surface area contributed by atoms with Crippen LogP contribution in [0.1, 0.15) is 56.3 Å². The fourth-order valence-electron chi connectivity index (χ4n) is 3.22. The van der Waals surface area contributed by atoms with Crippen LogP contribution in [-0.4, -0.2) is 34.0 Å². The van der Waals surface area contributed by atoms with Gasteiger partial charge in [-0.3, -0.25) is 4.79 Å². The minimum Gasteiger partial charge on any atom is -0.367 e. The van der Waals surface area contributed by atoms with E-state index in [1.807, 2.05) is 35.2 Å². The third-order valence-corrected chi connectivity index (χ3v) is 4.54. The number of ether oxygens (including phenoxy) is 1. The minimum absolute atomic E-state index is 0.145. The highest BCUT2D eigenvalue weighted by Gasteiger charge is 2.28. The molecule has 0 saturated carbocycles. The number of rotatable bonds is 7. The molecule has 1 aromatic heterocycles. The summed E-state index contributed by atoms with van der Waals surface area (Å²) in [6, 6.07) is 9.99. The maximum Gasteiger partial charge on any atom is 0.252 e. The van der Waals surface area contributed by atoms with Crippen molar-refractivity contribution in [2.75, 3.05) is 13.1 Å². The van der Waals surface area contributed by atoms with Crippen molar-refractivity contribution in [3.63, 3.8) is 0 Å². The fourth-order valence-corrected chi connectivity index (χ4v) is 3.22. The van der Waals surface area contributed by atoms with E-state index in [4.69, 9.17) is 9.26 Å². The fraction of sp³-hybridized carbons (Fsp3) is 0.550. The third kappa shape index (κ3) is 5.14. The van der Waals surface area contributed by atoms with Crippen molar-refractivity contribution in [1.82, 2.24) is 15.0 Å². The molecular formula is C20H27N3O3. The van der Waals surface area contributed by atoms with Crippen LogP contribution in [0.2, 0.25) is 0 Å². The Bertz CT molecular complexity index is 699. The molecule has 0 aliphatic carbocycles. The van der Waals surface area contributed by atoms with Crippen LogP contribution in [0.4, 0.5) is 0 Å². The summed E-state index contributed by atoms with van der Waals surface area (Å²) >= 11 is 0. The van der Waals surface area contributed by atoms with Gasteiger partial charge in [0, 0.05) is 25.4 Å². The molecule has 6 heteroatoms. The van der Waals surface area contributed by atoms with E-state index in [2.05, 4.69) is 24.0 Å². The van der Waals surface area contributed by atoms with E-state index in [0.29, 0.717) is 43.8 Å². The molecule has 26 heavy (non-hydrogen) atoms. The molecule has 2 aromatic rings. The maximum atomic E-state index is 12.3. The number of aromatic nitrogens is 2. The molecule has 1 amide bonds. The lowest BCUT2D eigenvalue weighted by Gasteiger charge is -2.31. The normalized spacial score (nSPS) is 17.7. The SMILES string of the molecule is CC(C)CC(=O)N1CCCC(c2noc(COCc3ccccc3)n2)C1. The predicted molar refractivity (Wildman–Crippen MR) is 97.2 cm³/mol. The molecule has 1 fully saturated rings. The van der Waals surface area contributed by atoms with Crippen molar-refractivity contribution in [2.24, 2.45) is 5.92 Å². The highest BCUT2D eigenvalue weighted by Crippen LogP contribution is 2.26. The zero-order chi connectivity index (χ0) is 18.4. The molecule has 0 N–H and O–H groups in total. The molecule has 1 saturated heterocycles. The molecule has 1 atom stereocenters. The van der Waals surface area contributed by atoms with Crippen LogP contribution < -0.4 is 0 Å². The Labute approximate surface area is 154 Å². The highest BCUT2D eigenvalue weighted by atomic mass is 16.5. The standard InChI is InChI=1S/C20H27N3O3/c1-15(2)11-19(24)23-10-6-9-17(12-23)20-21-18(26-22-20)14-25-13-16-7-4-3-5-8-16/h3-5,7-8,15,17H,6,9-14H2,1-2H3. The summed E-state index contributed by atoms with van der Waals surface area (Å²) in [5, 5.41) is 4.12. The Hall–Kier alpha value is -2.21. The van der Waals surface area contributed by atoms with Gasteiger partial charge in [-0.25, -0.2) is 0 Å². The van der Waals surface area contributed by atoms with Crippen molar-refractivity contribution in [3.05, 3.63) is 47.6 Å². The van der Waals surface area contributed by atoms with Gasteiger partial charge in [0.05, 0.1) is 6.61 Å². The summed E-state index contributed by atoms with van der Waals surface area (Å²) in [6.45, 7) is 6.45. The summed E-state index contributed by atoms with van der Waals surface area (Å²) in [5.74, 6) is 1.92. The molecule has 1 aliphatic heterocycles. The lowest BCUT2D eigenvalue weighted by atomic mass is 9.96. The van der Waals surface area contributed by atoms with Crippen molar-refractivity contribution in [1.29, 1.82) is 0 Å². The zero-order valence-electron chi connectivity index (χ0n) is 15.6. The lowest BCUT2D eigenvalue weighted by molar-refractivity contribution is -0.133. The average Bonchev–Trinajstić information content (AvgIpc) is 3.11. The maximum absolute atomic E-state index is 12.3. The third-order valence-electron chi connectivity index (χ3n) is 4.54. The number of carbonyl (C=O) groups is 1. The Morgan fingerprint density at radius 3 is 2.88 bits per heavy atom. The van der Waals surface area contributed by atoms with Gasteiger partial charge in [0.25, 0.3) is 5.89 Å². The number of benzene rings is 1. The molecule has 6 nitrogen and oxygen atoms in total. The number of likely N-dealkylation sites (tertiary alicyclic amines) is 1. The topological polar surface area (TPSA) is 68.5 Å². The number of hydrogen-bond donors (Lipinski definition) is 0. The monoisotopic (exact) mass is 357 g/mol. The number of nitrogens with zero attached hydrogens (tertiary/aromatic N) is 3. The highest BCUT2D eigenvalue weighted by molar-refractivity contribution is 5.76. The molecule has 2 heterocycles. The van der Waals surface area contributed by atoms with Crippen LogP contribution in [0.15, 0.2) is 34.9 Å². The van der Waals surface area contributed by atoms with Gasteiger partial charge >= 0.3 is 0 Å². The number of piperidine rings is 1. The van der Waals surface area contributed by atoms with E-state index >= 15 is 0 Å². The van der Waals surface area contributed by atoms with E-state index in [1.165, 1.54) is 0 Å². The predicted octanol–water partition coefficient (Wildman–Crippen LogP) is 3.54. The van der Waals surface area contributed by atoms with E-state index in [-0.39, 0.29) is 11.8 Å². The number of carbonyl (C=O) groups excluding carboxylic acids is 1. The minimum atomic E-state index is 0.145. The molecule has 140 valence electrons. The molecule has 1 unspecified atom stereocenters. The van der Waals surface area contributed by atoms with Gasteiger partial charge in [-0.2, -0.15) is 4.98 Å². The van der Waals surface area contributed by atoms with Gasteiger partial charge in [0.15, 0.2) is 5.82 Å². The second-order valence-electron chi connectivity index (χ2n) is 7.30. The summed E-state index contributed by atoms with van der Waals surface area (Å²) < 4.78 is 11.0. The van der Waals surface area contributed by atoms with Crippen molar-refractivity contribution >= 4 is 5.91 Å². The second-order valence-corrected chi connectivity index (χ2v) is 7.30. The summed E-state index contributed by atoms with van der Waals surface area (Å²) in [6.07, 6.45) is 2.55. The quantitative estimate of drug-likeness (QED) is 0.758. The number of amides is 1. The first-order valence-corrected chi connectivity index (χ1v) is 9.33. The van der Waals surface area contributed by atoms with Crippen LogP contribution in [-0.2, 0) is 22.7 Å². The van der Waals surface area contributed by atoms with Crippen molar-refractivity contribution in [3.8, 4) is 0 Å². The molecule has 0 spiro atoms. The van der Waals surface area contributed by atoms with Gasteiger partial charge in [-0.05, 0) is 24.3 Å². The Morgan fingerprint density at radius 2 is 2.12 bits per heavy atom. The van der Waals surface area contributed by atoms with Gasteiger partial charge in [0.1, 0.15) is 6.61 Å². The van der Waals surface area contributed by atoms with Crippen LogP contribution in [0.25, 0.3) is 0 Å². The van der Waals surface area contributed by atoms with Crippen molar-refractivity contribution < 1.29 is 14.1 Å². The van der Waals surface area contributed by atoms with E-state index < -0.39 is 0 Å². The molecule has 3 rings (SSSR count). The molecule has 1 aromatic carbocycles. The van der Waals surface area contributed by atoms with Gasteiger partial charge < -0.3 is 14.2 Å². The van der Waals surface area contributed by atoms with Crippen LogP contribution in [0, 0.1) is 5.92 Å². The molecule has 1 aliphatic rings. The van der Waals surface area contributed by atoms with Crippen molar-refractivity contribution in [2.45, 2.75) is 52.2 Å². The summed E-state index contributed by atoms with van der Waals surface area (Å²) in [4.78, 5) is 18.7.